The van der Waals surface area contributed by atoms with Crippen LogP contribution in [0.2, 0.25) is 0 Å². The van der Waals surface area contributed by atoms with Gasteiger partial charge in [0.15, 0.2) is 32.6 Å². The van der Waals surface area contributed by atoms with Gasteiger partial charge in [-0.15, -0.1) is 0 Å². The third kappa shape index (κ3) is 3.39. The van der Waals surface area contributed by atoms with E-state index in [1.807, 2.05) is 13.0 Å². The van der Waals surface area contributed by atoms with E-state index in [9.17, 15) is 8.42 Å². The first-order valence-electron chi connectivity index (χ1n) is 8.87. The fourth-order valence-electron chi connectivity index (χ4n) is 3.32. The number of nitrogens with zero attached hydrogens (tertiary/aromatic N) is 3. The highest BCUT2D eigenvalue weighted by Crippen LogP contribution is 2.26. The number of sulfone groups is 1. The van der Waals surface area contributed by atoms with Gasteiger partial charge in [-0.2, -0.15) is 5.26 Å². The quantitative estimate of drug-likeness (QED) is 0.654. The van der Waals surface area contributed by atoms with E-state index in [1.165, 1.54) is 18.4 Å². The predicted octanol–water partition coefficient (Wildman–Crippen LogP) is 0.0560. The molecule has 0 saturated heterocycles. The van der Waals surface area contributed by atoms with Crippen molar-refractivity contribution in [1.29, 1.82) is 5.26 Å². The Kier molecular flexibility index (Phi) is 4.24. The molecule has 1 aromatic heterocycles. The van der Waals surface area contributed by atoms with Gasteiger partial charge < -0.3 is 5.73 Å². The molecule has 2 heterocycles. The van der Waals surface area contributed by atoms with Gasteiger partial charge in [-0.3, -0.25) is 4.99 Å². The SMILES string of the molecule is CC12CC=C(C#N)C=C1NC(c1nc(-c3ccc(S(C)(=O)=O)cc3)cnc1N)=[NH+]2. The van der Waals surface area contributed by atoms with Crippen LogP contribution in [-0.4, -0.2) is 36.0 Å². The number of hydrogen-bond donors (Lipinski definition) is 3. The number of amidine groups is 1. The van der Waals surface area contributed by atoms with Crippen LogP contribution >= 0.6 is 0 Å². The number of anilines is 1. The molecule has 146 valence electrons. The summed E-state index contributed by atoms with van der Waals surface area (Å²) in [5.74, 6) is 0.874. The highest BCUT2D eigenvalue weighted by atomic mass is 32.2. The van der Waals surface area contributed by atoms with E-state index in [-0.39, 0.29) is 16.3 Å². The van der Waals surface area contributed by atoms with Crippen molar-refractivity contribution in [2.45, 2.75) is 23.8 Å². The van der Waals surface area contributed by atoms with Gasteiger partial charge in [-0.05, 0) is 19.1 Å². The maximum Gasteiger partial charge on any atom is 0.303 e. The molecule has 0 bridgehead atoms. The molecule has 29 heavy (non-hydrogen) atoms. The van der Waals surface area contributed by atoms with E-state index in [2.05, 4.69) is 26.3 Å². The van der Waals surface area contributed by atoms with Crippen LogP contribution in [0.1, 0.15) is 19.0 Å². The molecule has 0 spiro atoms. The van der Waals surface area contributed by atoms with E-state index in [0.29, 0.717) is 29.2 Å². The lowest BCUT2D eigenvalue weighted by Crippen LogP contribution is -2.84. The van der Waals surface area contributed by atoms with E-state index in [0.717, 1.165) is 11.3 Å². The van der Waals surface area contributed by atoms with Gasteiger partial charge in [-0.1, -0.05) is 18.2 Å². The molecule has 0 fully saturated rings. The second-order valence-electron chi connectivity index (χ2n) is 7.28. The summed E-state index contributed by atoms with van der Waals surface area (Å²) in [5, 5.41) is 12.4. The van der Waals surface area contributed by atoms with Crippen molar-refractivity contribution in [2.75, 3.05) is 12.0 Å². The van der Waals surface area contributed by atoms with Gasteiger partial charge in [0.1, 0.15) is 0 Å². The number of rotatable bonds is 3. The van der Waals surface area contributed by atoms with Crippen LogP contribution in [0.25, 0.3) is 11.3 Å². The zero-order chi connectivity index (χ0) is 20.8. The average molecular weight is 407 g/mol. The van der Waals surface area contributed by atoms with Crippen molar-refractivity contribution in [3.63, 3.8) is 0 Å². The summed E-state index contributed by atoms with van der Waals surface area (Å²) in [5.41, 5.74) is 8.92. The fraction of sp³-hybridized carbons (Fsp3) is 0.200. The van der Waals surface area contributed by atoms with E-state index >= 15 is 0 Å². The van der Waals surface area contributed by atoms with Gasteiger partial charge >= 0.3 is 5.84 Å². The monoisotopic (exact) mass is 407 g/mol. The lowest BCUT2D eigenvalue weighted by molar-refractivity contribution is -0.527. The van der Waals surface area contributed by atoms with Gasteiger partial charge in [0.25, 0.3) is 0 Å². The number of hydrogen-bond acceptors (Lipinski definition) is 7. The van der Waals surface area contributed by atoms with Crippen LogP contribution in [0.5, 0.6) is 0 Å². The van der Waals surface area contributed by atoms with Crippen molar-refractivity contribution in [1.82, 2.24) is 15.3 Å². The minimum Gasteiger partial charge on any atom is -0.382 e. The summed E-state index contributed by atoms with van der Waals surface area (Å²) in [6.07, 6.45) is 7.06. The molecule has 0 saturated carbocycles. The topological polar surface area (TPSA) is 136 Å². The maximum atomic E-state index is 11.7. The van der Waals surface area contributed by atoms with Gasteiger partial charge in [0.05, 0.1) is 28.4 Å². The zero-order valence-electron chi connectivity index (χ0n) is 15.9. The van der Waals surface area contributed by atoms with E-state index in [1.54, 1.807) is 24.4 Å². The van der Waals surface area contributed by atoms with Crippen molar-refractivity contribution < 1.29 is 13.4 Å². The summed E-state index contributed by atoms with van der Waals surface area (Å²) in [6, 6.07) is 8.61. The Bertz CT molecular complexity index is 1250. The average Bonchev–Trinajstić information content (AvgIpc) is 3.04. The molecule has 1 aliphatic carbocycles. The van der Waals surface area contributed by atoms with Crippen LogP contribution in [-0.2, 0) is 9.84 Å². The highest BCUT2D eigenvalue weighted by molar-refractivity contribution is 7.90. The molecule has 1 aliphatic heterocycles. The minimum absolute atomic E-state index is 0.239. The Balaban J connectivity index is 1.71. The van der Waals surface area contributed by atoms with Crippen molar-refractivity contribution >= 4 is 21.5 Å². The Hall–Kier alpha value is -3.51. The van der Waals surface area contributed by atoms with E-state index in [4.69, 9.17) is 11.0 Å². The summed E-state index contributed by atoms with van der Waals surface area (Å²) in [4.78, 5) is 12.5. The number of nitriles is 1. The summed E-state index contributed by atoms with van der Waals surface area (Å²) in [6.45, 7) is 2.03. The third-order valence-corrected chi connectivity index (χ3v) is 6.16. The Labute approximate surface area is 168 Å². The molecule has 1 unspecified atom stereocenters. The van der Waals surface area contributed by atoms with E-state index < -0.39 is 9.84 Å². The fourth-order valence-corrected chi connectivity index (χ4v) is 3.95. The first-order chi connectivity index (χ1) is 13.7. The number of nitrogens with two attached hydrogens (primary N) is 1. The summed E-state index contributed by atoms with van der Waals surface area (Å²) in [7, 11) is -3.27. The molecule has 2 aliphatic rings. The predicted molar refractivity (Wildman–Crippen MR) is 108 cm³/mol. The van der Waals surface area contributed by atoms with Gasteiger partial charge in [0, 0.05) is 24.3 Å². The molecule has 0 amide bonds. The van der Waals surface area contributed by atoms with Crippen molar-refractivity contribution in [3.05, 3.63) is 59.6 Å². The second-order valence-corrected chi connectivity index (χ2v) is 9.29. The van der Waals surface area contributed by atoms with Crippen LogP contribution in [0.4, 0.5) is 5.82 Å². The van der Waals surface area contributed by atoms with Crippen LogP contribution in [0.15, 0.2) is 58.8 Å². The largest absolute Gasteiger partial charge is 0.382 e. The van der Waals surface area contributed by atoms with Crippen molar-refractivity contribution in [3.8, 4) is 17.3 Å². The highest BCUT2D eigenvalue weighted by Gasteiger charge is 2.44. The third-order valence-electron chi connectivity index (χ3n) is 5.03. The molecule has 2 aromatic rings. The Morgan fingerprint density at radius 2 is 2.03 bits per heavy atom. The summed E-state index contributed by atoms with van der Waals surface area (Å²) >= 11 is 0. The molecular weight excluding hydrogens is 388 g/mol. The lowest BCUT2D eigenvalue weighted by atomic mass is 9.89. The maximum absolute atomic E-state index is 11.7. The second kappa shape index (κ2) is 6.53. The van der Waals surface area contributed by atoms with Gasteiger partial charge in [0.2, 0.25) is 0 Å². The molecule has 4 rings (SSSR count). The summed E-state index contributed by atoms with van der Waals surface area (Å²) < 4.78 is 23.3. The van der Waals surface area contributed by atoms with Crippen molar-refractivity contribution in [2.24, 2.45) is 0 Å². The normalized spacial score (nSPS) is 20.7. The molecule has 1 atom stereocenters. The molecule has 4 N–H and O–H groups in total. The molecular formula is C20H19N6O2S+. The smallest absolute Gasteiger partial charge is 0.303 e. The lowest BCUT2D eigenvalue weighted by Gasteiger charge is -2.18. The van der Waals surface area contributed by atoms with Crippen LogP contribution in [0, 0.1) is 11.3 Å². The minimum atomic E-state index is -3.27. The number of allylic oxidation sites excluding steroid dienone is 2. The molecule has 8 nitrogen and oxygen atoms in total. The number of benzene rings is 1. The van der Waals surface area contributed by atoms with Gasteiger partial charge in [-0.25, -0.2) is 23.7 Å². The molecule has 9 heteroatoms. The zero-order valence-corrected chi connectivity index (χ0v) is 16.7. The number of aromatic nitrogens is 2. The molecule has 0 radical (unpaired) electrons. The first-order valence-corrected chi connectivity index (χ1v) is 10.8. The number of fused-ring (bicyclic) bond motifs is 1. The molecule has 1 aromatic carbocycles. The first kappa shape index (κ1) is 18.8. The Morgan fingerprint density at radius 1 is 1.31 bits per heavy atom. The van der Waals surface area contributed by atoms with Crippen LogP contribution < -0.4 is 16.0 Å². The number of nitrogens with one attached hydrogen (secondary N) is 2. The van der Waals surface area contributed by atoms with Crippen LogP contribution in [0.3, 0.4) is 0 Å². The Morgan fingerprint density at radius 3 is 2.69 bits per heavy atom. The standard InChI is InChI=1S/C20H18N6O2S/c1-20-8-7-12(10-21)9-16(20)25-19(26-20)17-18(22)23-11-15(24-17)13-3-5-14(6-4-13)29(2,27)28/h3-7,9,11H,8H2,1-2H3,(H2,22,23)(H,25,26)/p+1. The number of nitrogen functional groups attached to an aromatic ring is 1.